The zero-order chi connectivity index (χ0) is 13.3. The first-order valence-electron chi connectivity index (χ1n) is 5.14. The molecule has 1 fully saturated rings. The summed E-state index contributed by atoms with van der Waals surface area (Å²) in [5.41, 5.74) is 4.80. The van der Waals surface area contributed by atoms with Crippen LogP contribution in [0, 0.1) is 5.92 Å². The van der Waals surface area contributed by atoms with Crippen LogP contribution in [0.2, 0.25) is 0 Å². The lowest BCUT2D eigenvalue weighted by molar-refractivity contribution is -0.123. The molecule has 0 aliphatic carbocycles. The van der Waals surface area contributed by atoms with E-state index in [-0.39, 0.29) is 30.4 Å². The van der Waals surface area contributed by atoms with E-state index in [0.29, 0.717) is 0 Å². The Labute approximate surface area is 101 Å². The fraction of sp³-hybridized carbons (Fsp3) is 0.300. The minimum absolute atomic E-state index is 0.0349. The lowest BCUT2D eigenvalue weighted by Crippen LogP contribution is -2.30. The van der Waals surface area contributed by atoms with E-state index >= 15 is 0 Å². The molecule has 0 saturated carbocycles. The summed E-state index contributed by atoms with van der Waals surface area (Å²) in [6, 6.07) is 0. The number of hydrogen-bond acceptors (Lipinski definition) is 5. The molecule has 18 heavy (non-hydrogen) atoms. The van der Waals surface area contributed by atoms with Crippen LogP contribution in [0.3, 0.4) is 0 Å². The average molecular weight is 250 g/mol. The second-order valence-electron chi connectivity index (χ2n) is 3.84. The number of carboxylic acid groups (broad SMARTS) is 1. The van der Waals surface area contributed by atoms with Gasteiger partial charge in [0.25, 0.3) is 0 Å². The lowest BCUT2D eigenvalue weighted by atomic mass is 10.1. The summed E-state index contributed by atoms with van der Waals surface area (Å²) in [5, 5.41) is 8.96. The highest BCUT2D eigenvalue weighted by molar-refractivity contribution is 6.03. The Morgan fingerprint density at radius 1 is 1.39 bits per heavy atom. The lowest BCUT2D eigenvalue weighted by Gasteiger charge is -2.15. The van der Waals surface area contributed by atoms with Crippen LogP contribution in [0.15, 0.2) is 12.4 Å². The minimum atomic E-state index is -1.28. The third-order valence-corrected chi connectivity index (χ3v) is 2.66. The van der Waals surface area contributed by atoms with Crippen LogP contribution in [0.25, 0.3) is 0 Å². The zero-order valence-corrected chi connectivity index (χ0v) is 9.24. The Bertz CT molecular complexity index is 530. The maximum atomic E-state index is 11.7. The predicted molar refractivity (Wildman–Crippen MR) is 58.6 cm³/mol. The third-order valence-electron chi connectivity index (χ3n) is 2.66. The maximum Gasteiger partial charge on any atom is 0.358 e. The van der Waals surface area contributed by atoms with E-state index in [0.717, 1.165) is 4.90 Å². The van der Waals surface area contributed by atoms with Gasteiger partial charge in [0.2, 0.25) is 11.8 Å². The monoisotopic (exact) mass is 250 g/mol. The number of aromatic carboxylic acids is 1. The van der Waals surface area contributed by atoms with Crippen LogP contribution < -0.4 is 10.6 Å². The summed E-state index contributed by atoms with van der Waals surface area (Å²) < 4.78 is 0. The molecule has 1 aliphatic rings. The number of carbonyl (C=O) groups is 3. The van der Waals surface area contributed by atoms with Crippen LogP contribution >= 0.6 is 0 Å². The first-order chi connectivity index (χ1) is 8.50. The highest BCUT2D eigenvalue weighted by Gasteiger charge is 2.36. The SMILES string of the molecule is NC(=O)C1CC(=O)N(c2nccnc2C(=O)O)C1. The number of carbonyl (C=O) groups excluding carboxylic acids is 2. The highest BCUT2D eigenvalue weighted by atomic mass is 16.4. The van der Waals surface area contributed by atoms with Gasteiger partial charge in [-0.1, -0.05) is 0 Å². The number of anilines is 1. The molecule has 1 unspecified atom stereocenters. The van der Waals surface area contributed by atoms with Crippen LogP contribution in [-0.4, -0.2) is 39.4 Å². The van der Waals surface area contributed by atoms with Gasteiger partial charge in [0.1, 0.15) is 0 Å². The zero-order valence-electron chi connectivity index (χ0n) is 9.24. The molecule has 0 aromatic carbocycles. The molecule has 8 nitrogen and oxygen atoms in total. The standard InChI is InChI=1S/C10H10N4O4/c11-8(16)5-3-6(15)14(4-5)9-7(10(17)18)12-1-2-13-9/h1-2,5H,3-4H2,(H2,11,16)(H,17,18). The predicted octanol–water partition coefficient (Wildman–Crippen LogP) is -0.987. The van der Waals surface area contributed by atoms with Gasteiger partial charge in [0.15, 0.2) is 11.5 Å². The van der Waals surface area contributed by atoms with Gasteiger partial charge in [0.05, 0.1) is 5.92 Å². The molecule has 2 amide bonds. The number of nitrogens with two attached hydrogens (primary N) is 1. The number of carboxylic acids is 1. The Kier molecular flexibility index (Phi) is 2.92. The van der Waals surface area contributed by atoms with E-state index in [2.05, 4.69) is 9.97 Å². The van der Waals surface area contributed by atoms with Gasteiger partial charge in [-0.3, -0.25) is 14.5 Å². The molecular weight excluding hydrogens is 240 g/mol. The Balaban J connectivity index is 2.35. The van der Waals surface area contributed by atoms with Gasteiger partial charge in [-0.25, -0.2) is 14.8 Å². The van der Waals surface area contributed by atoms with Crippen LogP contribution in [0.1, 0.15) is 16.9 Å². The first-order valence-corrected chi connectivity index (χ1v) is 5.14. The quantitative estimate of drug-likeness (QED) is 0.709. The van der Waals surface area contributed by atoms with Crippen molar-refractivity contribution in [2.75, 3.05) is 11.4 Å². The number of hydrogen-bond donors (Lipinski definition) is 2. The molecule has 1 aromatic heterocycles. The molecule has 8 heteroatoms. The molecular formula is C10H10N4O4. The van der Waals surface area contributed by atoms with Gasteiger partial charge < -0.3 is 10.8 Å². The third kappa shape index (κ3) is 1.99. The van der Waals surface area contributed by atoms with Gasteiger partial charge in [-0.05, 0) is 0 Å². The van der Waals surface area contributed by atoms with E-state index in [4.69, 9.17) is 10.8 Å². The van der Waals surface area contributed by atoms with Crippen LogP contribution in [-0.2, 0) is 9.59 Å². The van der Waals surface area contributed by atoms with Gasteiger partial charge >= 0.3 is 5.97 Å². The summed E-state index contributed by atoms with van der Waals surface area (Å²) >= 11 is 0. The number of nitrogens with zero attached hydrogens (tertiary/aromatic N) is 3. The van der Waals surface area contributed by atoms with E-state index in [1.165, 1.54) is 12.4 Å². The molecule has 94 valence electrons. The Morgan fingerprint density at radius 3 is 2.61 bits per heavy atom. The maximum absolute atomic E-state index is 11.7. The summed E-state index contributed by atoms with van der Waals surface area (Å²) in [7, 11) is 0. The molecule has 0 radical (unpaired) electrons. The molecule has 3 N–H and O–H groups in total. The molecule has 1 saturated heterocycles. The normalized spacial score (nSPS) is 19.0. The van der Waals surface area contributed by atoms with Crippen molar-refractivity contribution >= 4 is 23.6 Å². The van der Waals surface area contributed by atoms with Crippen molar-refractivity contribution in [3.8, 4) is 0 Å². The average Bonchev–Trinajstić information content (AvgIpc) is 2.71. The van der Waals surface area contributed by atoms with E-state index in [1.807, 2.05) is 0 Å². The minimum Gasteiger partial charge on any atom is -0.476 e. The van der Waals surface area contributed by atoms with E-state index in [1.54, 1.807) is 0 Å². The molecule has 2 heterocycles. The topological polar surface area (TPSA) is 126 Å². The van der Waals surface area contributed by atoms with Crippen molar-refractivity contribution in [2.24, 2.45) is 11.7 Å². The van der Waals surface area contributed by atoms with E-state index < -0.39 is 17.8 Å². The van der Waals surface area contributed by atoms with Crippen molar-refractivity contribution in [3.63, 3.8) is 0 Å². The first kappa shape index (κ1) is 12.0. The fourth-order valence-electron chi connectivity index (χ4n) is 1.78. The second-order valence-corrected chi connectivity index (χ2v) is 3.84. The summed E-state index contributed by atoms with van der Waals surface area (Å²) in [6.45, 7) is 0.0349. The number of aromatic nitrogens is 2. The molecule has 0 spiro atoms. The number of rotatable bonds is 3. The summed E-state index contributed by atoms with van der Waals surface area (Å²) in [5.74, 6) is -2.94. The number of amides is 2. The highest BCUT2D eigenvalue weighted by Crippen LogP contribution is 2.24. The van der Waals surface area contributed by atoms with Crippen LogP contribution in [0.4, 0.5) is 5.82 Å². The summed E-state index contributed by atoms with van der Waals surface area (Å²) in [4.78, 5) is 42.3. The van der Waals surface area contributed by atoms with E-state index in [9.17, 15) is 14.4 Å². The van der Waals surface area contributed by atoms with Gasteiger partial charge in [0, 0.05) is 25.4 Å². The van der Waals surface area contributed by atoms with Crippen molar-refractivity contribution in [2.45, 2.75) is 6.42 Å². The van der Waals surface area contributed by atoms with Crippen molar-refractivity contribution < 1.29 is 19.5 Å². The summed E-state index contributed by atoms with van der Waals surface area (Å²) in [6.07, 6.45) is 2.47. The molecule has 2 rings (SSSR count). The molecule has 1 aromatic rings. The molecule has 0 bridgehead atoms. The van der Waals surface area contributed by atoms with Gasteiger partial charge in [-0.2, -0.15) is 0 Å². The number of primary amides is 1. The Morgan fingerprint density at radius 2 is 2.06 bits per heavy atom. The fourth-order valence-corrected chi connectivity index (χ4v) is 1.78. The Hall–Kier alpha value is -2.51. The smallest absolute Gasteiger partial charge is 0.358 e. The van der Waals surface area contributed by atoms with Crippen molar-refractivity contribution in [3.05, 3.63) is 18.1 Å². The van der Waals surface area contributed by atoms with Crippen molar-refractivity contribution in [1.82, 2.24) is 9.97 Å². The second kappa shape index (κ2) is 4.40. The molecule has 1 atom stereocenters. The van der Waals surface area contributed by atoms with Crippen molar-refractivity contribution in [1.29, 1.82) is 0 Å². The van der Waals surface area contributed by atoms with Gasteiger partial charge in [-0.15, -0.1) is 0 Å². The largest absolute Gasteiger partial charge is 0.476 e. The molecule has 1 aliphatic heterocycles. The van der Waals surface area contributed by atoms with Crippen LogP contribution in [0.5, 0.6) is 0 Å².